The minimum Gasteiger partial charge on any atom is -0.396 e. The summed E-state index contributed by atoms with van der Waals surface area (Å²) in [5, 5.41) is 8.30. The predicted molar refractivity (Wildman–Crippen MR) is 38.1 cm³/mol. The van der Waals surface area contributed by atoms with Gasteiger partial charge in [0.25, 0.3) is 0 Å². The lowest BCUT2D eigenvalue weighted by Gasteiger charge is -2.12. The molecule has 0 aromatic heterocycles. The van der Waals surface area contributed by atoms with Crippen LogP contribution in [0.15, 0.2) is 0 Å². The van der Waals surface area contributed by atoms with Crippen LogP contribution in [-0.2, 0) is 0 Å². The highest BCUT2D eigenvalue weighted by atomic mass is 32.2. The van der Waals surface area contributed by atoms with Gasteiger partial charge in [0.15, 0.2) is 0 Å². The molecule has 0 saturated heterocycles. The van der Waals surface area contributed by atoms with Crippen LogP contribution < -0.4 is 0 Å². The van der Waals surface area contributed by atoms with Crippen molar-refractivity contribution >= 4 is 25.3 Å². The van der Waals surface area contributed by atoms with Gasteiger partial charge < -0.3 is 5.11 Å². The van der Waals surface area contributed by atoms with Crippen molar-refractivity contribution in [3.05, 3.63) is 0 Å². The second kappa shape index (κ2) is 2.84. The Kier molecular flexibility index (Phi) is 3.11. The Morgan fingerprint density at radius 2 is 2.00 bits per heavy atom. The molecular weight excluding hydrogens is 128 g/mol. The predicted octanol–water partition coefficient (Wildman–Crippen LogP) is 0.945. The first-order chi connectivity index (χ1) is 3.06. The number of aliphatic hydroxyl groups excluding tert-OH is 1. The summed E-state index contributed by atoms with van der Waals surface area (Å²) in [5.74, 6) is 0. The van der Waals surface area contributed by atoms with Crippen LogP contribution in [0.3, 0.4) is 0 Å². The summed E-state index contributed by atoms with van der Waals surface area (Å²) in [6, 6.07) is 0. The van der Waals surface area contributed by atoms with Crippen LogP contribution in [0.2, 0.25) is 0 Å². The van der Waals surface area contributed by atoms with E-state index in [9.17, 15) is 0 Å². The van der Waals surface area contributed by atoms with E-state index < -0.39 is 0 Å². The van der Waals surface area contributed by atoms with Gasteiger partial charge in [-0.25, -0.2) is 0 Å². The van der Waals surface area contributed by atoms with E-state index in [1.165, 1.54) is 0 Å². The highest BCUT2D eigenvalue weighted by Crippen LogP contribution is 2.21. The van der Waals surface area contributed by atoms with Gasteiger partial charge in [-0.2, -0.15) is 25.3 Å². The highest BCUT2D eigenvalue weighted by molar-refractivity contribution is 8.00. The fourth-order valence-electron chi connectivity index (χ4n) is 0.212. The number of rotatable bonds is 2. The molecular formula is C4H10OS2. The third kappa shape index (κ3) is 6.66. The van der Waals surface area contributed by atoms with Crippen molar-refractivity contribution in [2.45, 2.75) is 17.4 Å². The van der Waals surface area contributed by atoms with Gasteiger partial charge in [-0.3, -0.25) is 0 Å². The van der Waals surface area contributed by atoms with E-state index in [1.54, 1.807) is 0 Å². The molecule has 0 amide bonds. The number of hydrogen-bond donors (Lipinski definition) is 3. The first-order valence-electron chi connectivity index (χ1n) is 2.12. The molecule has 1 nitrogen and oxygen atoms in total. The highest BCUT2D eigenvalue weighted by Gasteiger charge is 2.09. The maximum absolute atomic E-state index is 8.30. The molecule has 0 aromatic carbocycles. The van der Waals surface area contributed by atoms with Gasteiger partial charge in [0.2, 0.25) is 0 Å². The molecule has 0 rings (SSSR count). The molecule has 0 aliphatic heterocycles. The molecule has 0 aliphatic rings. The monoisotopic (exact) mass is 138 g/mol. The smallest absolute Gasteiger partial charge is 0.0545 e. The van der Waals surface area contributed by atoms with Gasteiger partial charge in [0.1, 0.15) is 0 Å². The molecule has 1 N–H and O–H groups in total. The van der Waals surface area contributed by atoms with E-state index in [-0.39, 0.29) is 10.7 Å². The van der Waals surface area contributed by atoms with Gasteiger partial charge in [-0.15, -0.1) is 0 Å². The topological polar surface area (TPSA) is 20.2 Å². The van der Waals surface area contributed by atoms with Crippen LogP contribution in [0.25, 0.3) is 0 Å². The molecule has 0 unspecified atom stereocenters. The van der Waals surface area contributed by atoms with E-state index in [1.807, 2.05) is 6.92 Å². The van der Waals surface area contributed by atoms with Crippen LogP contribution in [-0.4, -0.2) is 15.8 Å². The third-order valence-corrected chi connectivity index (χ3v) is 1.03. The lowest BCUT2D eigenvalue weighted by Crippen LogP contribution is -2.07. The molecule has 0 saturated carbocycles. The molecule has 3 heteroatoms. The van der Waals surface area contributed by atoms with Crippen LogP contribution in [0.5, 0.6) is 0 Å². The molecule has 0 aliphatic carbocycles. The fraction of sp³-hybridized carbons (Fsp3) is 1.00. The average molecular weight is 138 g/mol. The number of aliphatic hydroxyl groups is 1. The van der Waals surface area contributed by atoms with E-state index in [0.717, 1.165) is 0 Å². The van der Waals surface area contributed by atoms with E-state index >= 15 is 0 Å². The molecule has 0 fully saturated rings. The SMILES string of the molecule is CC(S)(S)CCO. The Morgan fingerprint density at radius 3 is 2.00 bits per heavy atom. The van der Waals surface area contributed by atoms with E-state index in [0.29, 0.717) is 6.42 Å². The second-order valence-electron chi connectivity index (χ2n) is 1.69. The van der Waals surface area contributed by atoms with Crippen molar-refractivity contribution in [3.63, 3.8) is 0 Å². The normalized spacial score (nSPS) is 12.0. The quantitative estimate of drug-likeness (QED) is 0.383. The summed E-state index contributed by atoms with van der Waals surface area (Å²) in [6.45, 7) is 2.00. The fourth-order valence-corrected chi connectivity index (χ4v) is 0.412. The van der Waals surface area contributed by atoms with Crippen LogP contribution in [0, 0.1) is 0 Å². The van der Waals surface area contributed by atoms with Crippen molar-refractivity contribution in [3.8, 4) is 0 Å². The van der Waals surface area contributed by atoms with Crippen LogP contribution in [0.1, 0.15) is 13.3 Å². The Hall–Kier alpha value is 0.660. The zero-order valence-corrected chi connectivity index (χ0v) is 6.04. The summed E-state index contributed by atoms with van der Waals surface area (Å²) >= 11 is 8.08. The van der Waals surface area contributed by atoms with Gasteiger partial charge >= 0.3 is 0 Å². The van der Waals surface area contributed by atoms with Crippen LogP contribution >= 0.6 is 25.3 Å². The first kappa shape index (κ1) is 7.66. The molecule has 7 heavy (non-hydrogen) atoms. The maximum atomic E-state index is 8.30. The van der Waals surface area contributed by atoms with E-state index in [4.69, 9.17) is 5.11 Å². The largest absolute Gasteiger partial charge is 0.396 e. The van der Waals surface area contributed by atoms with E-state index in [2.05, 4.69) is 25.3 Å². The Labute approximate surface area is 54.9 Å². The third-order valence-electron chi connectivity index (χ3n) is 0.585. The zero-order valence-electron chi connectivity index (χ0n) is 4.26. The van der Waals surface area contributed by atoms with Crippen LogP contribution in [0.4, 0.5) is 0 Å². The lowest BCUT2D eigenvalue weighted by atomic mass is 10.3. The molecule has 0 heterocycles. The minimum atomic E-state index is -0.311. The van der Waals surface area contributed by atoms with Crippen molar-refractivity contribution in [2.24, 2.45) is 0 Å². The van der Waals surface area contributed by atoms with Crippen molar-refractivity contribution in [1.82, 2.24) is 0 Å². The Balaban J connectivity index is 3.15. The standard InChI is InChI=1S/C4H10OS2/c1-4(6,7)2-3-5/h5-7H,2-3H2,1H3. The average Bonchev–Trinajstić information content (AvgIpc) is 1.30. The van der Waals surface area contributed by atoms with Gasteiger partial charge in [-0.1, -0.05) is 0 Å². The Bertz CT molecular complexity index is 48.1. The molecule has 0 spiro atoms. The van der Waals surface area contributed by atoms with Gasteiger partial charge in [0, 0.05) is 6.61 Å². The summed E-state index contributed by atoms with van der Waals surface area (Å²) < 4.78 is -0.311. The van der Waals surface area contributed by atoms with Gasteiger partial charge in [0.05, 0.1) is 4.08 Å². The number of hydrogen-bond acceptors (Lipinski definition) is 3. The summed E-state index contributed by atoms with van der Waals surface area (Å²) in [4.78, 5) is 0. The van der Waals surface area contributed by atoms with Crippen molar-refractivity contribution in [1.29, 1.82) is 0 Å². The number of thiol groups is 2. The summed E-state index contributed by atoms with van der Waals surface area (Å²) in [6.07, 6.45) is 0.624. The van der Waals surface area contributed by atoms with Crippen molar-refractivity contribution in [2.75, 3.05) is 6.61 Å². The Morgan fingerprint density at radius 1 is 1.57 bits per heavy atom. The van der Waals surface area contributed by atoms with Crippen molar-refractivity contribution < 1.29 is 5.11 Å². The molecule has 0 atom stereocenters. The molecule has 0 radical (unpaired) electrons. The first-order valence-corrected chi connectivity index (χ1v) is 3.01. The summed E-state index contributed by atoms with van der Waals surface area (Å²) in [5.41, 5.74) is 0. The maximum Gasteiger partial charge on any atom is 0.0545 e. The second-order valence-corrected chi connectivity index (χ2v) is 4.02. The summed E-state index contributed by atoms with van der Waals surface area (Å²) in [7, 11) is 0. The van der Waals surface area contributed by atoms with Gasteiger partial charge in [-0.05, 0) is 13.3 Å². The molecule has 44 valence electrons. The molecule has 0 aromatic rings. The minimum absolute atomic E-state index is 0.156. The lowest BCUT2D eigenvalue weighted by molar-refractivity contribution is 0.286. The zero-order chi connectivity index (χ0) is 5.91. The molecule has 0 bridgehead atoms.